The number of nitrogens with one attached hydrogen (secondary N) is 1. The second-order valence-electron chi connectivity index (χ2n) is 6.03. The number of rotatable bonds is 8. The third-order valence-electron chi connectivity index (χ3n) is 4.05. The minimum Gasteiger partial charge on any atom is -0.481 e. The molecule has 0 bridgehead atoms. The Morgan fingerprint density at radius 3 is 2.67 bits per heavy atom. The van der Waals surface area contributed by atoms with Crippen molar-refractivity contribution in [2.45, 2.75) is 45.4 Å². The number of carboxylic acids is 1. The highest BCUT2D eigenvalue weighted by molar-refractivity contribution is 7.98. The van der Waals surface area contributed by atoms with Crippen LogP contribution in [0.1, 0.15) is 45.4 Å². The van der Waals surface area contributed by atoms with E-state index >= 15 is 0 Å². The second-order valence-corrected chi connectivity index (χ2v) is 7.02. The van der Waals surface area contributed by atoms with Gasteiger partial charge in [0, 0.05) is 19.6 Å². The van der Waals surface area contributed by atoms with E-state index in [0.29, 0.717) is 26.1 Å². The Hall–Kier alpha value is -0.910. The van der Waals surface area contributed by atoms with Gasteiger partial charge >= 0.3 is 12.0 Å². The van der Waals surface area contributed by atoms with Gasteiger partial charge in [-0.15, -0.1) is 0 Å². The van der Waals surface area contributed by atoms with Crippen molar-refractivity contribution >= 4 is 23.8 Å². The van der Waals surface area contributed by atoms with Crippen molar-refractivity contribution in [2.75, 3.05) is 31.6 Å². The Bertz CT molecular complexity index is 352. The van der Waals surface area contributed by atoms with Crippen LogP contribution in [0.25, 0.3) is 0 Å². The number of nitrogens with zero attached hydrogens (tertiary/aromatic N) is 1. The van der Waals surface area contributed by atoms with Crippen molar-refractivity contribution < 1.29 is 14.7 Å². The minimum atomic E-state index is -0.811. The Morgan fingerprint density at radius 2 is 2.00 bits per heavy atom. The molecule has 2 amide bonds. The molecule has 0 aromatic carbocycles. The van der Waals surface area contributed by atoms with E-state index in [-0.39, 0.29) is 6.03 Å². The molecule has 0 spiro atoms. The number of carbonyl (C=O) groups excluding carboxylic acids is 1. The topological polar surface area (TPSA) is 69.6 Å². The van der Waals surface area contributed by atoms with Crippen molar-refractivity contribution in [1.29, 1.82) is 0 Å². The van der Waals surface area contributed by atoms with E-state index in [9.17, 15) is 14.7 Å². The third-order valence-corrected chi connectivity index (χ3v) is 4.75. The van der Waals surface area contributed by atoms with E-state index in [0.717, 1.165) is 19.3 Å². The average molecular weight is 316 g/mol. The Morgan fingerprint density at radius 1 is 1.29 bits per heavy atom. The fourth-order valence-electron chi connectivity index (χ4n) is 2.62. The first kappa shape index (κ1) is 18.1. The fourth-order valence-corrected chi connectivity index (χ4v) is 3.11. The zero-order valence-electron chi connectivity index (χ0n) is 13.2. The zero-order valence-corrected chi connectivity index (χ0v) is 14.0. The van der Waals surface area contributed by atoms with Gasteiger partial charge in [0.2, 0.25) is 0 Å². The average Bonchev–Trinajstić information content (AvgIpc) is 2.46. The molecule has 1 fully saturated rings. The lowest BCUT2D eigenvalue weighted by atomic mass is 9.82. The van der Waals surface area contributed by atoms with E-state index < -0.39 is 11.4 Å². The number of likely N-dealkylation sites (tertiary alicyclic amines) is 1. The van der Waals surface area contributed by atoms with Crippen LogP contribution in [0.3, 0.4) is 0 Å². The van der Waals surface area contributed by atoms with Crippen LogP contribution in [-0.2, 0) is 4.79 Å². The second kappa shape index (κ2) is 9.18. The summed E-state index contributed by atoms with van der Waals surface area (Å²) in [6.45, 7) is 3.36. The molecule has 0 aromatic heterocycles. The van der Waals surface area contributed by atoms with Gasteiger partial charge in [-0.3, -0.25) is 4.79 Å². The zero-order chi connectivity index (χ0) is 15.7. The fraction of sp³-hybridized carbons (Fsp3) is 0.867. The summed E-state index contributed by atoms with van der Waals surface area (Å²) in [5, 5.41) is 12.2. The first-order valence-corrected chi connectivity index (χ1v) is 9.14. The lowest BCUT2D eigenvalue weighted by Gasteiger charge is -2.37. The van der Waals surface area contributed by atoms with Gasteiger partial charge in [-0.25, -0.2) is 4.79 Å². The number of hydrogen-bond acceptors (Lipinski definition) is 3. The van der Waals surface area contributed by atoms with Crippen molar-refractivity contribution in [2.24, 2.45) is 5.41 Å². The maximum atomic E-state index is 12.1. The van der Waals surface area contributed by atoms with Crippen LogP contribution in [-0.4, -0.2) is 53.6 Å². The quantitative estimate of drug-likeness (QED) is 0.676. The standard InChI is InChI=1S/C15H28N2O3S/c1-15(13(18)19)8-7-10-17(12-15)14(20)16-9-5-3-4-6-11-21-2/h3-12H2,1-2H3,(H,16,20)(H,18,19). The van der Waals surface area contributed by atoms with Crippen LogP contribution >= 0.6 is 11.8 Å². The van der Waals surface area contributed by atoms with Gasteiger partial charge in [-0.2, -0.15) is 11.8 Å². The number of carbonyl (C=O) groups is 2. The van der Waals surface area contributed by atoms with E-state index in [2.05, 4.69) is 11.6 Å². The first-order chi connectivity index (χ1) is 9.99. The number of piperidine rings is 1. The lowest BCUT2D eigenvalue weighted by molar-refractivity contribution is -0.150. The predicted molar refractivity (Wildman–Crippen MR) is 86.8 cm³/mol. The molecule has 0 aromatic rings. The van der Waals surface area contributed by atoms with Crippen molar-refractivity contribution in [3.05, 3.63) is 0 Å². The Kier molecular flexibility index (Phi) is 7.93. The lowest BCUT2D eigenvalue weighted by Crippen LogP contribution is -2.51. The van der Waals surface area contributed by atoms with Gasteiger partial charge < -0.3 is 15.3 Å². The molecule has 5 nitrogen and oxygen atoms in total. The van der Waals surface area contributed by atoms with Crippen LogP contribution in [0.5, 0.6) is 0 Å². The highest BCUT2D eigenvalue weighted by atomic mass is 32.2. The number of carboxylic acid groups (broad SMARTS) is 1. The molecule has 2 N–H and O–H groups in total. The van der Waals surface area contributed by atoms with Gasteiger partial charge in [0.25, 0.3) is 0 Å². The monoisotopic (exact) mass is 316 g/mol. The molecule has 122 valence electrons. The molecule has 0 radical (unpaired) electrons. The normalized spacial score (nSPS) is 22.1. The molecule has 1 unspecified atom stereocenters. The molecular formula is C15H28N2O3S. The molecule has 0 aliphatic carbocycles. The SMILES string of the molecule is CSCCCCCCNC(=O)N1CCCC(C)(C(=O)O)C1. The maximum absolute atomic E-state index is 12.1. The number of unbranched alkanes of at least 4 members (excludes halogenated alkanes) is 3. The van der Waals surface area contributed by atoms with E-state index in [1.807, 2.05) is 11.8 Å². The Labute approximate surface area is 131 Å². The van der Waals surface area contributed by atoms with Crippen molar-refractivity contribution in [1.82, 2.24) is 10.2 Å². The van der Waals surface area contributed by atoms with Crippen LogP contribution < -0.4 is 5.32 Å². The highest BCUT2D eigenvalue weighted by Crippen LogP contribution is 2.29. The molecule has 0 saturated carbocycles. The van der Waals surface area contributed by atoms with Gasteiger partial charge in [-0.05, 0) is 44.6 Å². The van der Waals surface area contributed by atoms with E-state index in [4.69, 9.17) is 0 Å². The summed E-state index contributed by atoms with van der Waals surface area (Å²) in [4.78, 5) is 25.0. The molecule has 1 saturated heterocycles. The summed E-state index contributed by atoms with van der Waals surface area (Å²) >= 11 is 1.87. The molecule has 1 rings (SSSR count). The molecule has 6 heteroatoms. The van der Waals surface area contributed by atoms with E-state index in [1.165, 1.54) is 18.6 Å². The first-order valence-electron chi connectivity index (χ1n) is 7.75. The van der Waals surface area contributed by atoms with Crippen LogP contribution in [0.2, 0.25) is 0 Å². The summed E-state index contributed by atoms with van der Waals surface area (Å²) in [6.07, 6.45) is 8.07. The molecule has 1 atom stereocenters. The highest BCUT2D eigenvalue weighted by Gasteiger charge is 2.39. The number of amides is 2. The molecule has 1 aliphatic rings. The number of hydrogen-bond donors (Lipinski definition) is 2. The summed E-state index contributed by atoms with van der Waals surface area (Å²) in [5.41, 5.74) is -0.798. The minimum absolute atomic E-state index is 0.119. The van der Waals surface area contributed by atoms with Gasteiger partial charge in [-0.1, -0.05) is 12.8 Å². The van der Waals surface area contributed by atoms with Crippen LogP contribution in [0, 0.1) is 5.41 Å². The molecule has 21 heavy (non-hydrogen) atoms. The summed E-state index contributed by atoms with van der Waals surface area (Å²) in [7, 11) is 0. The van der Waals surface area contributed by atoms with E-state index in [1.54, 1.807) is 11.8 Å². The third kappa shape index (κ3) is 6.16. The number of urea groups is 1. The summed E-state index contributed by atoms with van der Waals surface area (Å²) in [5.74, 6) is 0.391. The van der Waals surface area contributed by atoms with Gasteiger partial charge in [0.1, 0.15) is 0 Å². The molecular weight excluding hydrogens is 288 g/mol. The summed E-state index contributed by atoms with van der Waals surface area (Å²) < 4.78 is 0. The maximum Gasteiger partial charge on any atom is 0.317 e. The van der Waals surface area contributed by atoms with Crippen molar-refractivity contribution in [3.63, 3.8) is 0 Å². The largest absolute Gasteiger partial charge is 0.481 e. The van der Waals surface area contributed by atoms with Crippen LogP contribution in [0.15, 0.2) is 0 Å². The van der Waals surface area contributed by atoms with Gasteiger partial charge in [0.15, 0.2) is 0 Å². The van der Waals surface area contributed by atoms with Gasteiger partial charge in [0.05, 0.1) is 5.41 Å². The predicted octanol–water partition coefficient (Wildman–Crippen LogP) is 2.81. The summed E-state index contributed by atoms with van der Waals surface area (Å²) in [6, 6.07) is -0.119. The Balaban J connectivity index is 2.21. The molecule has 1 heterocycles. The molecule has 1 aliphatic heterocycles. The van der Waals surface area contributed by atoms with Crippen molar-refractivity contribution in [3.8, 4) is 0 Å². The number of aliphatic carboxylic acids is 1. The smallest absolute Gasteiger partial charge is 0.317 e. The van der Waals surface area contributed by atoms with Crippen LogP contribution in [0.4, 0.5) is 4.79 Å². The number of thioether (sulfide) groups is 1.